The molecule has 3 rings (SSSR count). The maximum Gasteiger partial charge on any atom is 0.243 e. The van der Waals surface area contributed by atoms with Crippen molar-refractivity contribution in [2.75, 3.05) is 17.2 Å². The van der Waals surface area contributed by atoms with Gasteiger partial charge in [-0.2, -0.15) is 0 Å². The van der Waals surface area contributed by atoms with Gasteiger partial charge in [-0.05, 0) is 43.3 Å². The van der Waals surface area contributed by atoms with E-state index in [1.54, 1.807) is 30.3 Å². The normalized spacial score (nSPS) is 10.1. The Morgan fingerprint density at radius 1 is 0.815 bits per heavy atom. The lowest BCUT2D eigenvalue weighted by Crippen LogP contribution is -2.22. The van der Waals surface area contributed by atoms with E-state index in [2.05, 4.69) is 10.6 Å². The number of carbonyl (C=O) groups is 2. The lowest BCUT2D eigenvalue weighted by atomic mass is 10.1. The van der Waals surface area contributed by atoms with Crippen molar-refractivity contribution in [1.82, 2.24) is 0 Å². The van der Waals surface area contributed by atoms with Crippen LogP contribution in [0.25, 0.3) is 0 Å². The van der Waals surface area contributed by atoms with Gasteiger partial charge in [0.25, 0.3) is 0 Å². The summed E-state index contributed by atoms with van der Waals surface area (Å²) in [5.74, 6) is 0.950. The van der Waals surface area contributed by atoms with Gasteiger partial charge in [-0.3, -0.25) is 9.59 Å². The van der Waals surface area contributed by atoms with E-state index in [0.717, 1.165) is 0 Å². The molecule has 2 N–H and O–H groups in total. The summed E-state index contributed by atoms with van der Waals surface area (Å²) in [6.07, 6.45) is 0. The molecule has 0 bridgehead atoms. The number of hydrogen-bond acceptors (Lipinski definition) is 4. The Morgan fingerprint density at radius 3 is 2.19 bits per heavy atom. The minimum atomic E-state index is -0.238. The van der Waals surface area contributed by atoms with Gasteiger partial charge in [-0.15, -0.1) is 0 Å². The quantitative estimate of drug-likeness (QED) is 0.598. The first-order valence-corrected chi connectivity index (χ1v) is 8.59. The van der Waals surface area contributed by atoms with Crippen molar-refractivity contribution in [2.24, 2.45) is 0 Å². The van der Waals surface area contributed by atoms with Crippen LogP contribution in [-0.2, 0) is 4.79 Å². The number of anilines is 2. The van der Waals surface area contributed by atoms with E-state index in [9.17, 15) is 9.59 Å². The average Bonchev–Trinajstić information content (AvgIpc) is 2.69. The molecular weight excluding hydrogens is 340 g/mol. The number of para-hydroxylation sites is 4. The van der Waals surface area contributed by atoms with Crippen molar-refractivity contribution in [3.63, 3.8) is 0 Å². The number of carbonyl (C=O) groups excluding carboxylic acids is 2. The van der Waals surface area contributed by atoms with Gasteiger partial charge in [0.15, 0.2) is 11.5 Å². The topological polar surface area (TPSA) is 67.4 Å². The molecule has 5 heteroatoms. The molecule has 0 radical (unpaired) electrons. The van der Waals surface area contributed by atoms with Crippen LogP contribution in [0.15, 0.2) is 78.9 Å². The largest absolute Gasteiger partial charge is 0.455 e. The van der Waals surface area contributed by atoms with Crippen LogP contribution in [0.3, 0.4) is 0 Å². The van der Waals surface area contributed by atoms with Crippen LogP contribution in [0.2, 0.25) is 0 Å². The lowest BCUT2D eigenvalue weighted by molar-refractivity contribution is -0.114. The van der Waals surface area contributed by atoms with Crippen LogP contribution in [0.5, 0.6) is 11.5 Å². The van der Waals surface area contributed by atoms with Crippen LogP contribution in [0.4, 0.5) is 11.4 Å². The molecule has 5 nitrogen and oxygen atoms in total. The third-order valence-electron chi connectivity index (χ3n) is 3.88. The summed E-state index contributed by atoms with van der Waals surface area (Å²) < 4.78 is 5.84. The molecule has 0 aliphatic heterocycles. The average molecular weight is 360 g/mol. The predicted octanol–water partition coefficient (Wildman–Crippen LogP) is 4.73. The molecule has 0 saturated heterocycles. The van der Waals surface area contributed by atoms with E-state index in [-0.39, 0.29) is 18.2 Å². The SMILES string of the molecule is CC(=O)c1ccccc1NCC(=O)Nc1ccccc1Oc1ccccc1. The number of amides is 1. The van der Waals surface area contributed by atoms with Crippen LogP contribution in [-0.4, -0.2) is 18.2 Å². The minimum Gasteiger partial charge on any atom is -0.455 e. The van der Waals surface area contributed by atoms with Crippen molar-refractivity contribution < 1.29 is 14.3 Å². The van der Waals surface area contributed by atoms with Gasteiger partial charge in [-0.1, -0.05) is 42.5 Å². The lowest BCUT2D eigenvalue weighted by Gasteiger charge is -2.13. The second-order valence-corrected chi connectivity index (χ2v) is 5.91. The van der Waals surface area contributed by atoms with E-state index in [1.165, 1.54) is 6.92 Å². The molecule has 0 fully saturated rings. The third kappa shape index (κ3) is 4.95. The fourth-order valence-electron chi connectivity index (χ4n) is 2.59. The number of benzene rings is 3. The molecule has 0 saturated carbocycles. The molecule has 0 aromatic heterocycles. The van der Waals surface area contributed by atoms with Gasteiger partial charge in [0.2, 0.25) is 5.91 Å². The smallest absolute Gasteiger partial charge is 0.243 e. The first-order chi connectivity index (χ1) is 13.1. The zero-order chi connectivity index (χ0) is 19.1. The molecule has 0 spiro atoms. The van der Waals surface area contributed by atoms with Crippen molar-refractivity contribution in [3.8, 4) is 11.5 Å². The van der Waals surface area contributed by atoms with Gasteiger partial charge < -0.3 is 15.4 Å². The number of ketones is 1. The fraction of sp³-hybridized carbons (Fsp3) is 0.0909. The third-order valence-corrected chi connectivity index (χ3v) is 3.88. The van der Waals surface area contributed by atoms with Crippen LogP contribution >= 0.6 is 0 Å². The van der Waals surface area contributed by atoms with Crippen molar-refractivity contribution in [1.29, 1.82) is 0 Å². The van der Waals surface area contributed by atoms with Crippen LogP contribution < -0.4 is 15.4 Å². The maximum atomic E-state index is 12.4. The Morgan fingerprint density at radius 2 is 1.44 bits per heavy atom. The van der Waals surface area contributed by atoms with E-state index in [0.29, 0.717) is 28.4 Å². The highest BCUT2D eigenvalue weighted by molar-refractivity contribution is 6.01. The molecule has 0 aliphatic carbocycles. The van der Waals surface area contributed by atoms with Gasteiger partial charge in [0.1, 0.15) is 5.75 Å². The van der Waals surface area contributed by atoms with Gasteiger partial charge in [0.05, 0.1) is 12.2 Å². The maximum absolute atomic E-state index is 12.4. The molecular formula is C22H20N2O3. The van der Waals surface area contributed by atoms with Crippen LogP contribution in [0.1, 0.15) is 17.3 Å². The summed E-state index contributed by atoms with van der Waals surface area (Å²) in [4.78, 5) is 24.0. The number of ether oxygens (including phenoxy) is 1. The number of hydrogen-bond donors (Lipinski definition) is 2. The second-order valence-electron chi connectivity index (χ2n) is 5.91. The van der Waals surface area contributed by atoms with E-state index >= 15 is 0 Å². The fourth-order valence-corrected chi connectivity index (χ4v) is 2.59. The molecule has 0 unspecified atom stereocenters. The van der Waals surface area contributed by atoms with Crippen molar-refractivity contribution >= 4 is 23.1 Å². The van der Waals surface area contributed by atoms with E-state index in [4.69, 9.17) is 4.74 Å². The Hall–Kier alpha value is -3.60. The molecule has 136 valence electrons. The highest BCUT2D eigenvalue weighted by atomic mass is 16.5. The molecule has 3 aromatic carbocycles. The summed E-state index contributed by atoms with van der Waals surface area (Å²) in [7, 11) is 0. The summed E-state index contributed by atoms with van der Waals surface area (Å²) in [6, 6.07) is 23.7. The highest BCUT2D eigenvalue weighted by Crippen LogP contribution is 2.29. The zero-order valence-electron chi connectivity index (χ0n) is 14.9. The monoisotopic (exact) mass is 360 g/mol. The molecule has 1 amide bonds. The Labute approximate surface area is 158 Å². The zero-order valence-corrected chi connectivity index (χ0v) is 14.9. The standard InChI is InChI=1S/C22H20N2O3/c1-16(25)18-11-5-6-12-19(18)23-15-22(26)24-20-13-7-8-14-21(20)27-17-9-3-2-4-10-17/h2-14,23H,15H2,1H3,(H,24,26). The summed E-state index contributed by atoms with van der Waals surface area (Å²) >= 11 is 0. The molecule has 0 aliphatic rings. The molecule has 0 atom stereocenters. The summed E-state index contributed by atoms with van der Waals surface area (Å²) in [5, 5.41) is 5.85. The summed E-state index contributed by atoms with van der Waals surface area (Å²) in [5.41, 5.74) is 1.76. The number of Topliss-reactive ketones (excluding diaryl/α,β-unsaturated/α-hetero) is 1. The second kappa shape index (κ2) is 8.67. The number of nitrogens with one attached hydrogen (secondary N) is 2. The van der Waals surface area contributed by atoms with E-state index in [1.807, 2.05) is 48.5 Å². The molecule has 3 aromatic rings. The van der Waals surface area contributed by atoms with Crippen molar-refractivity contribution in [3.05, 3.63) is 84.4 Å². The Balaban J connectivity index is 1.66. The number of rotatable bonds is 7. The first kappa shape index (κ1) is 18.2. The van der Waals surface area contributed by atoms with Crippen molar-refractivity contribution in [2.45, 2.75) is 6.92 Å². The van der Waals surface area contributed by atoms with Crippen LogP contribution in [0, 0.1) is 0 Å². The Bertz CT molecular complexity index is 939. The van der Waals surface area contributed by atoms with Gasteiger partial charge in [-0.25, -0.2) is 0 Å². The predicted molar refractivity (Wildman–Crippen MR) is 107 cm³/mol. The summed E-state index contributed by atoms with van der Waals surface area (Å²) in [6.45, 7) is 1.53. The van der Waals surface area contributed by atoms with Gasteiger partial charge in [0, 0.05) is 11.3 Å². The van der Waals surface area contributed by atoms with E-state index < -0.39 is 0 Å². The molecule has 27 heavy (non-hydrogen) atoms. The minimum absolute atomic E-state index is 0.0317. The Kier molecular flexibility index (Phi) is 5.84. The van der Waals surface area contributed by atoms with Gasteiger partial charge >= 0.3 is 0 Å². The first-order valence-electron chi connectivity index (χ1n) is 8.59. The highest BCUT2D eigenvalue weighted by Gasteiger charge is 2.10. The molecule has 0 heterocycles.